The second-order valence-corrected chi connectivity index (χ2v) is 7.09. The predicted octanol–water partition coefficient (Wildman–Crippen LogP) is 4.08. The van der Waals surface area contributed by atoms with Gasteiger partial charge in [0.2, 0.25) is 11.3 Å². The van der Waals surface area contributed by atoms with Crippen molar-refractivity contribution in [2.75, 3.05) is 10.6 Å². The van der Waals surface area contributed by atoms with Crippen LogP contribution in [0.4, 0.5) is 24.5 Å². The first-order valence-corrected chi connectivity index (χ1v) is 9.44. The van der Waals surface area contributed by atoms with Crippen molar-refractivity contribution in [2.45, 2.75) is 26.9 Å². The van der Waals surface area contributed by atoms with Crippen LogP contribution in [0.5, 0.6) is 0 Å². The number of aryl methyl sites for hydroxylation is 2. The lowest BCUT2D eigenvalue weighted by Crippen LogP contribution is -2.27. The van der Waals surface area contributed by atoms with Gasteiger partial charge in [0.1, 0.15) is 0 Å². The van der Waals surface area contributed by atoms with Crippen molar-refractivity contribution < 1.29 is 22.8 Å². The van der Waals surface area contributed by atoms with Crippen LogP contribution in [0.15, 0.2) is 53.3 Å². The summed E-state index contributed by atoms with van der Waals surface area (Å²) in [6, 6.07) is 10.5. The molecule has 0 radical (unpaired) electrons. The van der Waals surface area contributed by atoms with Crippen LogP contribution in [-0.2, 0) is 11.0 Å². The van der Waals surface area contributed by atoms with Crippen LogP contribution < -0.4 is 16.1 Å². The first kappa shape index (κ1) is 22.7. The Labute approximate surface area is 180 Å². The number of hydrogen-bond donors (Lipinski definition) is 2. The molecule has 0 bridgehead atoms. The SMILES string of the molecule is CC(=O)Nc1cc(NC(=O)c2nn(-c3ccccc3C(F)(F)F)c(C)cc2=O)ccc1C. The van der Waals surface area contributed by atoms with Crippen LogP contribution in [0.3, 0.4) is 0 Å². The van der Waals surface area contributed by atoms with E-state index in [1.54, 1.807) is 19.1 Å². The van der Waals surface area contributed by atoms with Gasteiger partial charge in [-0.2, -0.15) is 18.3 Å². The van der Waals surface area contributed by atoms with Gasteiger partial charge in [0, 0.05) is 30.1 Å². The minimum absolute atomic E-state index is 0.131. The number of anilines is 2. The Morgan fingerprint density at radius 3 is 2.34 bits per heavy atom. The van der Waals surface area contributed by atoms with Crippen LogP contribution in [0.25, 0.3) is 5.69 Å². The van der Waals surface area contributed by atoms with Crippen molar-refractivity contribution in [3.05, 3.63) is 81.3 Å². The number of nitrogens with zero attached hydrogens (tertiary/aromatic N) is 2. The maximum absolute atomic E-state index is 13.4. The molecule has 2 amide bonds. The molecular formula is C22H19F3N4O3. The lowest BCUT2D eigenvalue weighted by atomic mass is 10.1. The Morgan fingerprint density at radius 2 is 1.69 bits per heavy atom. The van der Waals surface area contributed by atoms with Crippen molar-refractivity contribution in [1.82, 2.24) is 9.78 Å². The molecule has 3 rings (SSSR count). The van der Waals surface area contributed by atoms with Crippen molar-refractivity contribution >= 4 is 23.2 Å². The van der Waals surface area contributed by atoms with Crippen LogP contribution in [-0.4, -0.2) is 21.6 Å². The molecule has 0 fully saturated rings. The van der Waals surface area contributed by atoms with Gasteiger partial charge >= 0.3 is 6.18 Å². The maximum atomic E-state index is 13.4. The molecular weight excluding hydrogens is 425 g/mol. The van der Waals surface area contributed by atoms with Gasteiger partial charge in [0.25, 0.3) is 5.91 Å². The van der Waals surface area contributed by atoms with Gasteiger partial charge in [-0.25, -0.2) is 4.68 Å². The highest BCUT2D eigenvalue weighted by Gasteiger charge is 2.34. The van der Waals surface area contributed by atoms with E-state index in [1.807, 2.05) is 0 Å². The van der Waals surface area contributed by atoms with E-state index in [0.717, 1.165) is 22.4 Å². The molecule has 0 saturated carbocycles. The molecule has 0 unspecified atom stereocenters. The number of aromatic nitrogens is 2. The Kier molecular flexibility index (Phi) is 6.15. The van der Waals surface area contributed by atoms with E-state index in [2.05, 4.69) is 15.7 Å². The second-order valence-electron chi connectivity index (χ2n) is 7.09. The molecule has 166 valence electrons. The second kappa shape index (κ2) is 8.66. The fraction of sp³-hybridized carbons (Fsp3) is 0.182. The summed E-state index contributed by atoms with van der Waals surface area (Å²) in [6.45, 7) is 4.51. The predicted molar refractivity (Wildman–Crippen MR) is 113 cm³/mol. The molecule has 2 N–H and O–H groups in total. The van der Waals surface area contributed by atoms with Crippen LogP contribution in [0.2, 0.25) is 0 Å². The lowest BCUT2D eigenvalue weighted by Gasteiger charge is -2.16. The number of hydrogen-bond acceptors (Lipinski definition) is 4. The number of halogens is 3. The Morgan fingerprint density at radius 1 is 1.00 bits per heavy atom. The van der Waals surface area contributed by atoms with E-state index < -0.39 is 28.8 Å². The first-order valence-electron chi connectivity index (χ1n) is 9.44. The Hall–Kier alpha value is -3.95. The number of amides is 2. The molecule has 10 heteroatoms. The summed E-state index contributed by atoms with van der Waals surface area (Å²) >= 11 is 0. The van der Waals surface area contributed by atoms with Gasteiger partial charge in [0.05, 0.1) is 11.3 Å². The smallest absolute Gasteiger partial charge is 0.326 e. The van der Waals surface area contributed by atoms with Crippen molar-refractivity contribution in [1.29, 1.82) is 0 Å². The van der Waals surface area contributed by atoms with E-state index in [0.29, 0.717) is 5.69 Å². The zero-order valence-electron chi connectivity index (χ0n) is 17.4. The third kappa shape index (κ3) is 4.85. The minimum Gasteiger partial charge on any atom is -0.326 e. The molecule has 3 aromatic rings. The van der Waals surface area contributed by atoms with E-state index in [9.17, 15) is 27.6 Å². The first-order chi connectivity index (χ1) is 15.0. The van der Waals surface area contributed by atoms with Gasteiger partial charge in [0.15, 0.2) is 5.69 Å². The quantitative estimate of drug-likeness (QED) is 0.634. The molecule has 32 heavy (non-hydrogen) atoms. The standard InChI is InChI=1S/C22H19F3N4O3/c1-12-8-9-15(11-17(12)26-14(3)30)27-21(32)20-19(31)10-13(2)29(28-20)18-7-5-4-6-16(18)22(23,24)25/h4-11H,1-3H3,(H,26,30)(H,27,32). The highest BCUT2D eigenvalue weighted by atomic mass is 19.4. The molecule has 2 aromatic carbocycles. The van der Waals surface area contributed by atoms with Gasteiger partial charge < -0.3 is 10.6 Å². The van der Waals surface area contributed by atoms with Crippen molar-refractivity contribution in [3.8, 4) is 5.69 Å². The number of rotatable bonds is 4. The van der Waals surface area contributed by atoms with Gasteiger partial charge in [-0.15, -0.1) is 0 Å². The summed E-state index contributed by atoms with van der Waals surface area (Å²) in [7, 11) is 0. The number of alkyl halides is 3. The summed E-state index contributed by atoms with van der Waals surface area (Å²) in [5.41, 5.74) is -0.968. The molecule has 0 aliphatic rings. The van der Waals surface area contributed by atoms with Crippen LogP contribution in [0, 0.1) is 13.8 Å². The largest absolute Gasteiger partial charge is 0.418 e. The third-order valence-corrected chi connectivity index (χ3v) is 4.57. The fourth-order valence-electron chi connectivity index (χ4n) is 3.06. The summed E-state index contributed by atoms with van der Waals surface area (Å²) < 4.78 is 41.2. The number of benzene rings is 2. The van der Waals surface area contributed by atoms with E-state index in [1.165, 1.54) is 38.1 Å². The summed E-state index contributed by atoms with van der Waals surface area (Å²) in [6.07, 6.45) is -4.65. The van der Waals surface area contributed by atoms with E-state index in [-0.39, 0.29) is 23.0 Å². The van der Waals surface area contributed by atoms with Crippen molar-refractivity contribution in [2.24, 2.45) is 0 Å². The maximum Gasteiger partial charge on any atom is 0.418 e. The zero-order valence-corrected chi connectivity index (χ0v) is 17.4. The molecule has 7 nitrogen and oxygen atoms in total. The monoisotopic (exact) mass is 444 g/mol. The Bertz CT molecular complexity index is 1270. The molecule has 1 heterocycles. The van der Waals surface area contributed by atoms with Crippen LogP contribution >= 0.6 is 0 Å². The average Bonchev–Trinajstić information content (AvgIpc) is 2.69. The highest BCUT2D eigenvalue weighted by molar-refractivity contribution is 6.03. The van der Waals surface area contributed by atoms with Gasteiger partial charge in [-0.1, -0.05) is 18.2 Å². The van der Waals surface area contributed by atoms with E-state index >= 15 is 0 Å². The van der Waals surface area contributed by atoms with Crippen LogP contribution in [0.1, 0.15) is 34.2 Å². The highest BCUT2D eigenvalue weighted by Crippen LogP contribution is 2.33. The Balaban J connectivity index is 2.02. The number of para-hydroxylation sites is 1. The summed E-state index contributed by atoms with van der Waals surface area (Å²) in [4.78, 5) is 36.5. The molecule has 0 atom stereocenters. The van der Waals surface area contributed by atoms with Gasteiger partial charge in [-0.05, 0) is 43.7 Å². The number of nitrogens with one attached hydrogen (secondary N) is 2. The van der Waals surface area contributed by atoms with Crippen molar-refractivity contribution in [3.63, 3.8) is 0 Å². The molecule has 0 aliphatic heterocycles. The molecule has 0 spiro atoms. The third-order valence-electron chi connectivity index (χ3n) is 4.57. The summed E-state index contributed by atoms with van der Waals surface area (Å²) in [5, 5.41) is 9.04. The topological polar surface area (TPSA) is 93.1 Å². The van der Waals surface area contributed by atoms with Gasteiger partial charge in [-0.3, -0.25) is 14.4 Å². The normalized spacial score (nSPS) is 11.2. The number of carbonyl (C=O) groups is 2. The number of carbonyl (C=O) groups excluding carboxylic acids is 2. The average molecular weight is 444 g/mol. The zero-order chi connectivity index (χ0) is 23.6. The molecule has 1 aromatic heterocycles. The lowest BCUT2D eigenvalue weighted by molar-refractivity contribution is -0.137. The van der Waals surface area contributed by atoms with E-state index in [4.69, 9.17) is 0 Å². The molecule has 0 saturated heterocycles. The fourth-order valence-corrected chi connectivity index (χ4v) is 3.06. The summed E-state index contributed by atoms with van der Waals surface area (Å²) in [5.74, 6) is -1.20. The molecule has 0 aliphatic carbocycles. The minimum atomic E-state index is -4.65.